The van der Waals surface area contributed by atoms with Crippen LogP contribution >= 0.6 is 43.2 Å². The second-order valence-electron chi connectivity index (χ2n) is 4.31. The molecule has 3 aromatic heterocycles. The number of halogens is 2. The molecule has 0 saturated heterocycles. The molecule has 4 nitrogen and oxygen atoms in total. The fraction of sp³-hybridized carbons (Fsp3) is 0.0769. The van der Waals surface area contributed by atoms with Crippen LogP contribution in [0.2, 0.25) is 0 Å². The molecule has 20 heavy (non-hydrogen) atoms. The number of benzene rings is 1. The lowest BCUT2D eigenvalue weighted by Gasteiger charge is -1.93. The summed E-state index contributed by atoms with van der Waals surface area (Å²) in [4.78, 5) is 5.45. The first-order valence-corrected chi connectivity index (χ1v) is 8.24. The zero-order valence-electron chi connectivity index (χ0n) is 10.2. The molecule has 1 aromatic carbocycles. The molecule has 0 atom stereocenters. The summed E-state index contributed by atoms with van der Waals surface area (Å²) >= 11 is 8.71. The third kappa shape index (κ3) is 1.70. The number of para-hydroxylation sites is 1. The average Bonchev–Trinajstić information content (AvgIpc) is 3.05. The molecule has 0 unspecified atom stereocenters. The molecular formula is C13H7Br2N3OS. The van der Waals surface area contributed by atoms with Crippen LogP contribution in [0.4, 0.5) is 0 Å². The largest absolute Gasteiger partial charge is 0.453 e. The van der Waals surface area contributed by atoms with Gasteiger partial charge in [-0.05, 0) is 50.9 Å². The highest BCUT2D eigenvalue weighted by molar-refractivity contribution is 9.11. The summed E-state index contributed by atoms with van der Waals surface area (Å²) in [6.45, 7) is 1.96. The van der Waals surface area contributed by atoms with Crippen LogP contribution in [-0.4, -0.2) is 14.6 Å². The van der Waals surface area contributed by atoms with E-state index < -0.39 is 0 Å². The van der Waals surface area contributed by atoms with Crippen LogP contribution in [0.25, 0.3) is 27.4 Å². The van der Waals surface area contributed by atoms with E-state index in [0.29, 0.717) is 5.76 Å². The van der Waals surface area contributed by atoms with Gasteiger partial charge in [-0.1, -0.05) is 23.5 Å². The smallest absolute Gasteiger partial charge is 0.213 e. The number of imidazole rings is 1. The van der Waals surface area contributed by atoms with E-state index in [0.717, 1.165) is 35.7 Å². The number of fused-ring (bicyclic) bond motifs is 2. The van der Waals surface area contributed by atoms with Gasteiger partial charge in [0.2, 0.25) is 4.96 Å². The van der Waals surface area contributed by atoms with Gasteiger partial charge < -0.3 is 4.42 Å². The Hall–Kier alpha value is -1.18. The number of hydrogen-bond acceptors (Lipinski definition) is 4. The van der Waals surface area contributed by atoms with E-state index in [1.54, 1.807) is 15.9 Å². The molecule has 0 saturated carbocycles. The predicted octanol–water partition coefficient (Wildman–Crippen LogP) is 5.04. The highest BCUT2D eigenvalue weighted by atomic mass is 79.9. The quantitative estimate of drug-likeness (QED) is 0.440. The molecule has 0 aliphatic rings. The minimum atomic E-state index is 0.716. The number of aromatic nitrogens is 3. The van der Waals surface area contributed by atoms with E-state index in [1.807, 2.05) is 31.2 Å². The van der Waals surface area contributed by atoms with Crippen molar-refractivity contribution in [2.45, 2.75) is 6.92 Å². The Kier molecular flexibility index (Phi) is 2.77. The van der Waals surface area contributed by atoms with E-state index in [2.05, 4.69) is 41.9 Å². The minimum Gasteiger partial charge on any atom is -0.453 e. The fourth-order valence-corrected chi connectivity index (χ4v) is 4.10. The van der Waals surface area contributed by atoms with Gasteiger partial charge in [0.05, 0.1) is 4.47 Å². The highest BCUT2D eigenvalue weighted by Gasteiger charge is 2.21. The molecule has 0 aliphatic heterocycles. The van der Waals surface area contributed by atoms with Crippen molar-refractivity contribution >= 4 is 59.1 Å². The van der Waals surface area contributed by atoms with Crippen molar-refractivity contribution in [3.8, 4) is 11.5 Å². The lowest BCUT2D eigenvalue weighted by atomic mass is 10.2. The summed E-state index contributed by atoms with van der Waals surface area (Å²) in [5.74, 6) is 0.716. The standard InChI is InChI=1S/C13H7Br2N3OS/c1-6-17-18-12(15)10(16-13(18)20-6)11-9(14)7-4-2-3-5-8(7)19-11/h2-5H,1H3. The van der Waals surface area contributed by atoms with E-state index in [9.17, 15) is 0 Å². The van der Waals surface area contributed by atoms with Crippen LogP contribution in [0, 0.1) is 6.92 Å². The Morgan fingerprint density at radius 1 is 1.25 bits per heavy atom. The van der Waals surface area contributed by atoms with Gasteiger partial charge in [0.15, 0.2) is 5.76 Å². The number of rotatable bonds is 1. The molecule has 4 rings (SSSR count). The molecule has 0 fully saturated rings. The average molecular weight is 413 g/mol. The molecule has 100 valence electrons. The Morgan fingerprint density at radius 3 is 2.80 bits per heavy atom. The number of hydrogen-bond donors (Lipinski definition) is 0. The lowest BCUT2D eigenvalue weighted by molar-refractivity contribution is 0.627. The Balaban J connectivity index is 2.03. The highest BCUT2D eigenvalue weighted by Crippen LogP contribution is 2.40. The van der Waals surface area contributed by atoms with E-state index >= 15 is 0 Å². The molecular weight excluding hydrogens is 406 g/mol. The monoisotopic (exact) mass is 411 g/mol. The maximum Gasteiger partial charge on any atom is 0.213 e. The van der Waals surface area contributed by atoms with Crippen molar-refractivity contribution in [1.82, 2.24) is 14.6 Å². The van der Waals surface area contributed by atoms with Gasteiger partial charge in [0.1, 0.15) is 20.9 Å². The summed E-state index contributed by atoms with van der Waals surface area (Å²) in [5, 5.41) is 6.42. The Morgan fingerprint density at radius 2 is 2.05 bits per heavy atom. The third-order valence-corrected chi connectivity index (χ3v) is 5.32. The molecule has 3 heterocycles. The SMILES string of the molecule is Cc1nn2c(Br)c(-c3oc4ccccc4c3Br)nc2s1. The van der Waals surface area contributed by atoms with Crippen LogP contribution in [0.5, 0.6) is 0 Å². The molecule has 0 radical (unpaired) electrons. The zero-order chi connectivity index (χ0) is 13.9. The van der Waals surface area contributed by atoms with Crippen LogP contribution in [0.1, 0.15) is 5.01 Å². The van der Waals surface area contributed by atoms with Crippen LogP contribution < -0.4 is 0 Å². The molecule has 0 bridgehead atoms. The molecule has 4 aromatic rings. The van der Waals surface area contributed by atoms with E-state index in [4.69, 9.17) is 4.42 Å². The van der Waals surface area contributed by atoms with Crippen LogP contribution in [-0.2, 0) is 0 Å². The van der Waals surface area contributed by atoms with Gasteiger partial charge in [-0.2, -0.15) is 9.61 Å². The summed E-state index contributed by atoms with van der Waals surface area (Å²) in [7, 11) is 0. The Labute approximate surface area is 134 Å². The first-order valence-electron chi connectivity index (χ1n) is 5.84. The van der Waals surface area contributed by atoms with Crippen LogP contribution in [0.3, 0.4) is 0 Å². The summed E-state index contributed by atoms with van der Waals surface area (Å²) in [6, 6.07) is 7.89. The van der Waals surface area contributed by atoms with Gasteiger partial charge >= 0.3 is 0 Å². The second-order valence-corrected chi connectivity index (χ2v) is 7.01. The van der Waals surface area contributed by atoms with Gasteiger partial charge in [0.25, 0.3) is 0 Å². The lowest BCUT2D eigenvalue weighted by Crippen LogP contribution is -1.84. The minimum absolute atomic E-state index is 0.716. The van der Waals surface area contributed by atoms with Crippen molar-refractivity contribution < 1.29 is 4.42 Å². The van der Waals surface area contributed by atoms with Crippen molar-refractivity contribution in [2.24, 2.45) is 0 Å². The zero-order valence-corrected chi connectivity index (χ0v) is 14.2. The topological polar surface area (TPSA) is 43.3 Å². The van der Waals surface area contributed by atoms with Gasteiger partial charge in [-0.3, -0.25) is 0 Å². The first-order chi connectivity index (χ1) is 9.65. The number of aryl methyl sites for hydroxylation is 1. The first kappa shape index (κ1) is 12.6. The van der Waals surface area contributed by atoms with Crippen molar-refractivity contribution in [1.29, 1.82) is 0 Å². The van der Waals surface area contributed by atoms with Crippen molar-refractivity contribution in [2.75, 3.05) is 0 Å². The van der Waals surface area contributed by atoms with Crippen molar-refractivity contribution in [3.63, 3.8) is 0 Å². The molecule has 0 N–H and O–H groups in total. The summed E-state index contributed by atoms with van der Waals surface area (Å²) in [5.41, 5.74) is 1.59. The van der Waals surface area contributed by atoms with E-state index in [1.165, 1.54) is 0 Å². The maximum absolute atomic E-state index is 5.92. The van der Waals surface area contributed by atoms with E-state index in [-0.39, 0.29) is 0 Å². The third-order valence-electron chi connectivity index (χ3n) is 3.00. The summed E-state index contributed by atoms with van der Waals surface area (Å²) in [6.07, 6.45) is 0. The number of furan rings is 1. The predicted molar refractivity (Wildman–Crippen MR) is 86.2 cm³/mol. The Bertz CT molecular complexity index is 953. The molecule has 0 aliphatic carbocycles. The number of nitrogens with zero attached hydrogens (tertiary/aromatic N) is 3. The second kappa shape index (κ2) is 4.41. The maximum atomic E-state index is 5.92. The molecule has 0 spiro atoms. The fourth-order valence-electron chi connectivity index (χ4n) is 2.13. The van der Waals surface area contributed by atoms with Gasteiger partial charge in [0, 0.05) is 5.39 Å². The van der Waals surface area contributed by atoms with Gasteiger partial charge in [-0.25, -0.2) is 4.98 Å². The van der Waals surface area contributed by atoms with Crippen molar-refractivity contribution in [3.05, 3.63) is 38.3 Å². The van der Waals surface area contributed by atoms with Crippen LogP contribution in [0.15, 0.2) is 37.8 Å². The van der Waals surface area contributed by atoms with Gasteiger partial charge in [-0.15, -0.1) is 0 Å². The summed E-state index contributed by atoms with van der Waals surface area (Å²) < 4.78 is 9.42. The normalized spacial score (nSPS) is 11.8. The molecule has 0 amide bonds. The molecule has 7 heteroatoms.